The minimum atomic E-state index is -0.595. The lowest BCUT2D eigenvalue weighted by molar-refractivity contribution is -0.123. The molecule has 5 nitrogen and oxygen atoms in total. The molecule has 2 aromatic carbocycles. The number of amides is 3. The lowest BCUT2D eigenvalue weighted by Crippen LogP contribution is -2.50. The highest BCUT2D eigenvalue weighted by atomic mass is 16.2. The van der Waals surface area contributed by atoms with E-state index in [-0.39, 0.29) is 24.0 Å². The van der Waals surface area contributed by atoms with Crippen LogP contribution < -0.4 is 16.0 Å². The summed E-state index contributed by atoms with van der Waals surface area (Å²) in [5, 5.41) is 8.98. The summed E-state index contributed by atoms with van der Waals surface area (Å²) in [6, 6.07) is 15.7. The Morgan fingerprint density at radius 1 is 0.828 bits per heavy atom. The molecule has 2 aromatic rings. The Kier molecular flexibility index (Phi) is 5.84. The average molecular weight is 392 g/mol. The van der Waals surface area contributed by atoms with E-state index in [4.69, 9.17) is 0 Å². The van der Waals surface area contributed by atoms with Gasteiger partial charge in [0.1, 0.15) is 6.04 Å². The summed E-state index contributed by atoms with van der Waals surface area (Å²) in [6.07, 6.45) is 6.08. The number of fused-ring (bicyclic) bond motifs is 2. The van der Waals surface area contributed by atoms with Crippen molar-refractivity contribution in [3.05, 3.63) is 70.8 Å². The summed E-state index contributed by atoms with van der Waals surface area (Å²) in [6.45, 7) is 1.73. The van der Waals surface area contributed by atoms with Gasteiger partial charge in [-0.3, -0.25) is 4.79 Å². The first kappa shape index (κ1) is 19.5. The van der Waals surface area contributed by atoms with Gasteiger partial charge in [0.05, 0.1) is 12.1 Å². The predicted molar refractivity (Wildman–Crippen MR) is 114 cm³/mol. The zero-order chi connectivity index (χ0) is 20.2. The highest BCUT2D eigenvalue weighted by Gasteiger charge is 2.26. The Labute approximate surface area is 172 Å². The average Bonchev–Trinajstić information content (AvgIpc) is 2.74. The minimum Gasteiger partial charge on any atom is -0.348 e. The molecule has 3 atom stereocenters. The van der Waals surface area contributed by atoms with Crippen molar-refractivity contribution in [1.29, 1.82) is 0 Å². The molecule has 0 saturated heterocycles. The van der Waals surface area contributed by atoms with Crippen LogP contribution in [-0.4, -0.2) is 18.0 Å². The lowest BCUT2D eigenvalue weighted by atomic mass is 9.87. The summed E-state index contributed by atoms with van der Waals surface area (Å²) >= 11 is 0. The Morgan fingerprint density at radius 2 is 1.34 bits per heavy atom. The van der Waals surface area contributed by atoms with Gasteiger partial charge in [-0.2, -0.15) is 0 Å². The van der Waals surface area contributed by atoms with Crippen molar-refractivity contribution in [1.82, 2.24) is 16.0 Å². The van der Waals surface area contributed by atoms with Gasteiger partial charge in [0.15, 0.2) is 0 Å². The maximum Gasteiger partial charge on any atom is 0.315 e. The molecule has 0 bridgehead atoms. The smallest absolute Gasteiger partial charge is 0.315 e. The van der Waals surface area contributed by atoms with Crippen molar-refractivity contribution >= 4 is 11.9 Å². The molecule has 0 aromatic heterocycles. The zero-order valence-electron chi connectivity index (χ0n) is 16.9. The lowest BCUT2D eigenvalue weighted by Gasteiger charge is -2.29. The zero-order valence-corrected chi connectivity index (χ0v) is 16.9. The Balaban J connectivity index is 1.33. The fraction of sp³-hybridized carbons (Fsp3) is 0.417. The van der Waals surface area contributed by atoms with Crippen molar-refractivity contribution in [2.24, 2.45) is 0 Å². The third-order valence-corrected chi connectivity index (χ3v) is 6.10. The van der Waals surface area contributed by atoms with Gasteiger partial charge in [-0.05, 0) is 67.7 Å². The second kappa shape index (κ2) is 8.68. The molecule has 0 spiro atoms. The van der Waals surface area contributed by atoms with Crippen LogP contribution >= 0.6 is 0 Å². The van der Waals surface area contributed by atoms with E-state index in [1.165, 1.54) is 22.3 Å². The molecule has 29 heavy (non-hydrogen) atoms. The minimum absolute atomic E-state index is 0.000401. The van der Waals surface area contributed by atoms with Crippen LogP contribution in [-0.2, 0) is 17.6 Å². The Hall–Kier alpha value is -2.82. The number of carbonyl (C=O) groups is 2. The molecule has 4 rings (SSSR count). The number of nitrogens with one attached hydrogen (secondary N) is 3. The number of aryl methyl sites for hydroxylation is 2. The van der Waals surface area contributed by atoms with Crippen molar-refractivity contribution in [3.63, 3.8) is 0 Å². The molecule has 0 aliphatic heterocycles. The normalized spacial score (nSPS) is 21.3. The first-order chi connectivity index (χ1) is 14.1. The van der Waals surface area contributed by atoms with E-state index in [1.807, 2.05) is 24.3 Å². The number of urea groups is 1. The number of carbonyl (C=O) groups excluding carboxylic acids is 2. The molecule has 0 radical (unpaired) electrons. The molecule has 2 aliphatic carbocycles. The summed E-state index contributed by atoms with van der Waals surface area (Å²) in [4.78, 5) is 25.2. The topological polar surface area (TPSA) is 70.2 Å². The maximum absolute atomic E-state index is 12.7. The third kappa shape index (κ3) is 4.44. The largest absolute Gasteiger partial charge is 0.348 e. The van der Waals surface area contributed by atoms with Gasteiger partial charge >= 0.3 is 6.03 Å². The van der Waals surface area contributed by atoms with Crippen LogP contribution in [0.4, 0.5) is 4.79 Å². The summed E-state index contributed by atoms with van der Waals surface area (Å²) in [7, 11) is 0. The van der Waals surface area contributed by atoms with Crippen LogP contribution in [0, 0.1) is 0 Å². The van der Waals surface area contributed by atoms with Gasteiger partial charge in [0, 0.05) is 0 Å². The van der Waals surface area contributed by atoms with Gasteiger partial charge in [0.2, 0.25) is 5.91 Å². The van der Waals surface area contributed by atoms with E-state index in [9.17, 15) is 9.59 Å². The van der Waals surface area contributed by atoms with Crippen LogP contribution in [0.1, 0.15) is 66.9 Å². The van der Waals surface area contributed by atoms with Crippen molar-refractivity contribution < 1.29 is 9.59 Å². The molecule has 5 heteroatoms. The highest BCUT2D eigenvalue weighted by molar-refractivity contribution is 5.87. The second-order valence-corrected chi connectivity index (χ2v) is 8.14. The number of rotatable bonds is 4. The van der Waals surface area contributed by atoms with E-state index in [0.29, 0.717) is 0 Å². The highest BCUT2D eigenvalue weighted by Crippen LogP contribution is 2.30. The van der Waals surface area contributed by atoms with Gasteiger partial charge in [-0.25, -0.2) is 4.79 Å². The fourth-order valence-corrected chi connectivity index (χ4v) is 4.57. The third-order valence-electron chi connectivity index (χ3n) is 6.10. The van der Waals surface area contributed by atoms with Crippen LogP contribution in [0.3, 0.4) is 0 Å². The fourth-order valence-electron chi connectivity index (χ4n) is 4.57. The monoisotopic (exact) mass is 391 g/mol. The predicted octanol–water partition coefficient (Wildman–Crippen LogP) is 3.95. The molecule has 3 amide bonds. The summed E-state index contributed by atoms with van der Waals surface area (Å²) in [5.41, 5.74) is 4.98. The summed E-state index contributed by atoms with van der Waals surface area (Å²) in [5.74, 6) is -0.147. The maximum atomic E-state index is 12.7. The van der Waals surface area contributed by atoms with E-state index in [0.717, 1.165) is 38.5 Å². The first-order valence-corrected chi connectivity index (χ1v) is 10.6. The van der Waals surface area contributed by atoms with Crippen LogP contribution in [0.15, 0.2) is 48.5 Å². The van der Waals surface area contributed by atoms with E-state index >= 15 is 0 Å². The van der Waals surface area contributed by atoms with E-state index in [1.54, 1.807) is 6.92 Å². The van der Waals surface area contributed by atoms with E-state index in [2.05, 4.69) is 40.2 Å². The number of hydrogen-bond donors (Lipinski definition) is 3. The number of benzene rings is 2. The Morgan fingerprint density at radius 3 is 1.93 bits per heavy atom. The first-order valence-electron chi connectivity index (χ1n) is 10.6. The molecule has 0 heterocycles. The quantitative estimate of drug-likeness (QED) is 0.739. The molecular weight excluding hydrogens is 362 g/mol. The van der Waals surface area contributed by atoms with Crippen molar-refractivity contribution in [3.8, 4) is 0 Å². The number of hydrogen-bond acceptors (Lipinski definition) is 2. The van der Waals surface area contributed by atoms with Crippen molar-refractivity contribution in [2.45, 2.75) is 63.6 Å². The Bertz CT molecular complexity index is 895. The molecule has 3 unspecified atom stereocenters. The van der Waals surface area contributed by atoms with Gasteiger partial charge in [0.25, 0.3) is 0 Å². The molecule has 3 N–H and O–H groups in total. The molecular formula is C24H29N3O2. The van der Waals surface area contributed by atoms with Crippen molar-refractivity contribution in [2.75, 3.05) is 0 Å². The van der Waals surface area contributed by atoms with Crippen LogP contribution in [0.2, 0.25) is 0 Å². The second-order valence-electron chi connectivity index (χ2n) is 8.14. The van der Waals surface area contributed by atoms with Crippen LogP contribution in [0.25, 0.3) is 0 Å². The SMILES string of the molecule is CC(NC(=O)NC1CCCc2ccccc21)C(=O)NC1CCCc2ccccc21. The molecule has 2 aliphatic rings. The van der Waals surface area contributed by atoms with Gasteiger partial charge in [-0.15, -0.1) is 0 Å². The molecule has 152 valence electrons. The molecule has 0 saturated carbocycles. The summed E-state index contributed by atoms with van der Waals surface area (Å²) < 4.78 is 0. The van der Waals surface area contributed by atoms with Gasteiger partial charge < -0.3 is 16.0 Å². The standard InChI is InChI=1S/C24H29N3O2/c1-16(23(28)26-21-14-6-10-17-8-2-4-12-19(17)21)25-24(29)27-22-15-7-11-18-9-3-5-13-20(18)22/h2-5,8-9,12-13,16,21-22H,6-7,10-11,14-15H2,1H3,(H,26,28)(H2,25,27,29). The van der Waals surface area contributed by atoms with Crippen LogP contribution in [0.5, 0.6) is 0 Å². The van der Waals surface area contributed by atoms with E-state index < -0.39 is 6.04 Å². The molecule has 0 fully saturated rings. The van der Waals surface area contributed by atoms with Gasteiger partial charge in [-0.1, -0.05) is 48.5 Å².